The van der Waals surface area contributed by atoms with Crippen molar-refractivity contribution >= 4 is 22.6 Å². The lowest BCUT2D eigenvalue weighted by Gasteiger charge is -2.25. The van der Waals surface area contributed by atoms with E-state index in [0.717, 1.165) is 18.4 Å². The fourth-order valence-corrected chi connectivity index (χ4v) is 2.40. The van der Waals surface area contributed by atoms with Gasteiger partial charge in [0.1, 0.15) is 0 Å². The van der Waals surface area contributed by atoms with Gasteiger partial charge in [0.05, 0.1) is 6.10 Å². The molecule has 0 heterocycles. The van der Waals surface area contributed by atoms with Gasteiger partial charge in [-0.15, -0.1) is 0 Å². The number of aryl methyl sites for hydroxylation is 1. The molecule has 0 aromatic heterocycles. The molecule has 12 heavy (non-hydrogen) atoms. The van der Waals surface area contributed by atoms with Crippen LogP contribution in [0.1, 0.15) is 23.7 Å². The van der Waals surface area contributed by atoms with Gasteiger partial charge < -0.3 is 5.11 Å². The van der Waals surface area contributed by atoms with Gasteiger partial charge in [-0.3, -0.25) is 0 Å². The Kier molecular flexibility index (Phi) is 2.37. The highest BCUT2D eigenvalue weighted by atomic mass is 127. The standard InChI is InChI=1S/C10H11IO/c11-9-6-5-7-3-1-2-4-8(7)10(9)12/h1-4,9-10,12H,5-6H2/t9-,10-/m0/s1. The smallest absolute Gasteiger partial charge is 0.0910 e. The SMILES string of the molecule is O[C@H]1c2ccccc2CC[C@@H]1I. The van der Waals surface area contributed by atoms with E-state index in [1.54, 1.807) is 0 Å². The molecule has 1 N–H and O–H groups in total. The number of aliphatic hydroxyl groups is 1. The van der Waals surface area contributed by atoms with Crippen molar-refractivity contribution in [2.75, 3.05) is 0 Å². The van der Waals surface area contributed by atoms with Crippen LogP contribution in [-0.2, 0) is 6.42 Å². The summed E-state index contributed by atoms with van der Waals surface area (Å²) in [6.07, 6.45) is 1.95. The normalized spacial score (nSPS) is 28.2. The zero-order valence-corrected chi connectivity index (χ0v) is 8.86. The van der Waals surface area contributed by atoms with Gasteiger partial charge in [-0.25, -0.2) is 0 Å². The molecule has 2 atom stereocenters. The summed E-state index contributed by atoms with van der Waals surface area (Å²) in [6, 6.07) is 8.18. The van der Waals surface area contributed by atoms with Gasteiger partial charge in [0.2, 0.25) is 0 Å². The minimum atomic E-state index is -0.254. The minimum absolute atomic E-state index is 0.254. The molecule has 0 unspecified atom stereocenters. The van der Waals surface area contributed by atoms with Gasteiger partial charge in [-0.05, 0) is 24.0 Å². The van der Waals surface area contributed by atoms with Crippen LogP contribution in [0.2, 0.25) is 0 Å². The lowest BCUT2D eigenvalue weighted by molar-refractivity contribution is 0.168. The van der Waals surface area contributed by atoms with Crippen LogP contribution in [0.3, 0.4) is 0 Å². The summed E-state index contributed by atoms with van der Waals surface area (Å²) in [5.74, 6) is 0. The Bertz CT molecular complexity index is 285. The number of rotatable bonds is 0. The third-order valence-electron chi connectivity index (χ3n) is 2.41. The number of aliphatic hydroxyl groups excluding tert-OH is 1. The topological polar surface area (TPSA) is 20.2 Å². The summed E-state index contributed by atoms with van der Waals surface area (Å²) in [5.41, 5.74) is 2.45. The van der Waals surface area contributed by atoms with E-state index in [4.69, 9.17) is 0 Å². The van der Waals surface area contributed by atoms with Gasteiger partial charge in [0.25, 0.3) is 0 Å². The molecule has 0 radical (unpaired) electrons. The maximum atomic E-state index is 9.82. The van der Waals surface area contributed by atoms with E-state index in [0.29, 0.717) is 3.92 Å². The maximum absolute atomic E-state index is 9.82. The van der Waals surface area contributed by atoms with Gasteiger partial charge in [-0.2, -0.15) is 0 Å². The molecule has 1 aromatic carbocycles. The van der Waals surface area contributed by atoms with Gasteiger partial charge in [-0.1, -0.05) is 46.9 Å². The molecule has 0 saturated heterocycles. The molecule has 2 heteroatoms. The molecule has 0 bridgehead atoms. The van der Waals surface area contributed by atoms with Gasteiger partial charge >= 0.3 is 0 Å². The molecule has 0 fully saturated rings. The third kappa shape index (κ3) is 1.38. The molecule has 0 aliphatic heterocycles. The number of hydrogen-bond acceptors (Lipinski definition) is 1. The van der Waals surface area contributed by atoms with Crippen molar-refractivity contribution in [2.24, 2.45) is 0 Å². The summed E-state index contributed by atoms with van der Waals surface area (Å²) < 4.78 is 0.387. The van der Waals surface area contributed by atoms with Gasteiger partial charge in [0, 0.05) is 3.92 Å². The van der Waals surface area contributed by atoms with Crippen molar-refractivity contribution in [1.82, 2.24) is 0 Å². The highest BCUT2D eigenvalue weighted by molar-refractivity contribution is 14.1. The summed E-state index contributed by atoms with van der Waals surface area (Å²) >= 11 is 2.33. The van der Waals surface area contributed by atoms with Crippen LogP contribution >= 0.6 is 22.6 Å². The average molecular weight is 274 g/mol. The Morgan fingerprint density at radius 1 is 1.33 bits per heavy atom. The molecular weight excluding hydrogens is 263 g/mol. The second-order valence-corrected chi connectivity index (χ2v) is 4.80. The van der Waals surface area contributed by atoms with Crippen molar-refractivity contribution in [1.29, 1.82) is 0 Å². The Morgan fingerprint density at radius 3 is 2.92 bits per heavy atom. The summed E-state index contributed by atoms with van der Waals surface area (Å²) in [4.78, 5) is 0. The second kappa shape index (κ2) is 3.34. The molecule has 1 aliphatic carbocycles. The summed E-state index contributed by atoms with van der Waals surface area (Å²) in [5, 5.41) is 9.82. The number of alkyl halides is 1. The monoisotopic (exact) mass is 274 g/mol. The van der Waals surface area contributed by atoms with Crippen LogP contribution in [0.4, 0.5) is 0 Å². The zero-order valence-electron chi connectivity index (χ0n) is 6.70. The summed E-state index contributed by atoms with van der Waals surface area (Å²) in [6.45, 7) is 0. The molecule has 1 aromatic rings. The molecule has 64 valence electrons. The third-order valence-corrected chi connectivity index (χ3v) is 3.71. The first-order valence-corrected chi connectivity index (χ1v) is 5.43. The lowest BCUT2D eigenvalue weighted by Crippen LogP contribution is -2.19. The molecule has 0 saturated carbocycles. The van der Waals surface area contributed by atoms with E-state index in [-0.39, 0.29) is 6.10 Å². The predicted molar refractivity (Wildman–Crippen MR) is 57.5 cm³/mol. The Morgan fingerprint density at radius 2 is 2.08 bits per heavy atom. The van der Waals surface area contributed by atoms with Gasteiger partial charge in [0.15, 0.2) is 0 Å². The largest absolute Gasteiger partial charge is 0.387 e. The van der Waals surface area contributed by atoms with E-state index in [2.05, 4.69) is 28.7 Å². The first-order valence-electron chi connectivity index (χ1n) is 4.19. The summed E-state index contributed by atoms with van der Waals surface area (Å²) in [7, 11) is 0. The maximum Gasteiger partial charge on any atom is 0.0910 e. The van der Waals surface area contributed by atoms with E-state index < -0.39 is 0 Å². The molecule has 0 spiro atoms. The van der Waals surface area contributed by atoms with E-state index >= 15 is 0 Å². The number of fused-ring (bicyclic) bond motifs is 1. The fraction of sp³-hybridized carbons (Fsp3) is 0.400. The van der Waals surface area contributed by atoms with Crippen molar-refractivity contribution in [2.45, 2.75) is 22.9 Å². The Hall–Kier alpha value is -0.0900. The molecule has 2 rings (SSSR count). The number of halogens is 1. The molecule has 0 amide bonds. The highest BCUT2D eigenvalue weighted by Crippen LogP contribution is 2.33. The first kappa shape index (κ1) is 8.51. The Balaban J connectivity index is 2.42. The van der Waals surface area contributed by atoms with E-state index in [1.165, 1.54) is 5.56 Å². The molecule has 1 aliphatic rings. The fourth-order valence-electron chi connectivity index (χ4n) is 1.70. The van der Waals surface area contributed by atoms with E-state index in [1.807, 2.05) is 18.2 Å². The van der Waals surface area contributed by atoms with E-state index in [9.17, 15) is 5.11 Å². The minimum Gasteiger partial charge on any atom is -0.387 e. The van der Waals surface area contributed by atoms with Crippen molar-refractivity contribution < 1.29 is 5.11 Å². The lowest BCUT2D eigenvalue weighted by atomic mass is 9.90. The van der Waals surface area contributed by atoms with Crippen molar-refractivity contribution in [3.63, 3.8) is 0 Å². The van der Waals surface area contributed by atoms with Crippen LogP contribution in [0.5, 0.6) is 0 Å². The van der Waals surface area contributed by atoms with Crippen LogP contribution in [0.25, 0.3) is 0 Å². The van der Waals surface area contributed by atoms with Crippen molar-refractivity contribution in [3.05, 3.63) is 35.4 Å². The Labute approximate surface area is 85.9 Å². The van der Waals surface area contributed by atoms with Crippen LogP contribution in [0, 0.1) is 0 Å². The zero-order chi connectivity index (χ0) is 8.55. The van der Waals surface area contributed by atoms with Crippen molar-refractivity contribution in [3.8, 4) is 0 Å². The molecule has 1 nitrogen and oxygen atoms in total. The van der Waals surface area contributed by atoms with Crippen LogP contribution in [0.15, 0.2) is 24.3 Å². The molecular formula is C10H11IO. The predicted octanol–water partition coefficient (Wildman–Crippen LogP) is 2.47. The highest BCUT2D eigenvalue weighted by Gasteiger charge is 2.24. The quantitative estimate of drug-likeness (QED) is 0.569. The van der Waals surface area contributed by atoms with Crippen LogP contribution < -0.4 is 0 Å². The van der Waals surface area contributed by atoms with Crippen LogP contribution in [-0.4, -0.2) is 9.03 Å². The average Bonchev–Trinajstić information content (AvgIpc) is 2.12. The first-order chi connectivity index (χ1) is 5.79. The number of hydrogen-bond donors (Lipinski definition) is 1. The number of benzene rings is 1. The second-order valence-electron chi connectivity index (χ2n) is 3.20.